The molecule has 1 aromatic carbocycles. The van der Waals surface area contributed by atoms with Crippen molar-refractivity contribution >= 4 is 0 Å². The molecule has 1 nitrogen and oxygen atoms in total. The molecule has 0 spiro atoms. The lowest BCUT2D eigenvalue weighted by molar-refractivity contribution is -0.142. The van der Waals surface area contributed by atoms with Gasteiger partial charge < -0.3 is 4.74 Å². The number of halogens is 5. The van der Waals surface area contributed by atoms with Crippen LogP contribution in [0.2, 0.25) is 0 Å². The van der Waals surface area contributed by atoms with Crippen molar-refractivity contribution in [3.05, 3.63) is 34.9 Å². The number of hydrogen-bond acceptors (Lipinski definition) is 1. The number of ether oxygens (including phenoxy) is 1. The highest BCUT2D eigenvalue weighted by atomic mass is 19.4. The highest BCUT2D eigenvalue weighted by molar-refractivity contribution is 5.31. The summed E-state index contributed by atoms with van der Waals surface area (Å²) in [4.78, 5) is 0. The summed E-state index contributed by atoms with van der Waals surface area (Å²) in [6.07, 6.45) is 0.766. The summed E-state index contributed by atoms with van der Waals surface area (Å²) >= 11 is 0. The molecule has 2 saturated carbocycles. The molecular weight excluding hydrogens is 339 g/mol. The van der Waals surface area contributed by atoms with Gasteiger partial charge >= 0.3 is 6.18 Å². The predicted octanol–water partition coefficient (Wildman–Crippen LogP) is 6.07. The van der Waals surface area contributed by atoms with Crippen molar-refractivity contribution in [1.29, 1.82) is 0 Å². The van der Waals surface area contributed by atoms with Crippen LogP contribution in [0.15, 0.2) is 12.1 Å². The smallest absolute Gasteiger partial charge is 0.378 e. The molecule has 0 amide bonds. The molecule has 0 aliphatic heterocycles. The Hall–Kier alpha value is -1.17. The highest BCUT2D eigenvalue weighted by Crippen LogP contribution is 2.47. The van der Waals surface area contributed by atoms with E-state index < -0.39 is 23.4 Å². The van der Waals surface area contributed by atoms with E-state index in [0.29, 0.717) is 30.1 Å². The minimum atomic E-state index is -5.01. The third-order valence-corrected chi connectivity index (χ3v) is 5.79. The van der Waals surface area contributed by atoms with Crippen LogP contribution in [0, 0.1) is 23.5 Å². The van der Waals surface area contributed by atoms with Gasteiger partial charge in [0.1, 0.15) is 17.2 Å². The molecule has 2 aliphatic rings. The molecule has 6 heteroatoms. The monoisotopic (exact) mass is 362 g/mol. The van der Waals surface area contributed by atoms with Crippen LogP contribution >= 0.6 is 0 Å². The molecule has 140 valence electrons. The molecule has 0 N–H and O–H groups in total. The Morgan fingerprint density at radius 3 is 2.16 bits per heavy atom. The number of rotatable bonds is 3. The lowest BCUT2D eigenvalue weighted by atomic mass is 9.65. The second kappa shape index (κ2) is 7.22. The second-order valence-electron chi connectivity index (χ2n) is 7.28. The molecule has 3 rings (SSSR count). The van der Waals surface area contributed by atoms with Gasteiger partial charge in [0.15, 0.2) is 0 Å². The Morgan fingerprint density at radius 1 is 0.960 bits per heavy atom. The topological polar surface area (TPSA) is 9.23 Å². The van der Waals surface area contributed by atoms with Crippen molar-refractivity contribution in [2.45, 2.75) is 63.6 Å². The molecule has 0 saturated heterocycles. The Bertz CT molecular complexity index is 589. The van der Waals surface area contributed by atoms with Crippen molar-refractivity contribution in [3.63, 3.8) is 0 Å². The fourth-order valence-corrected chi connectivity index (χ4v) is 4.64. The van der Waals surface area contributed by atoms with Gasteiger partial charge in [0.25, 0.3) is 0 Å². The van der Waals surface area contributed by atoms with E-state index in [0.717, 1.165) is 50.7 Å². The molecule has 0 radical (unpaired) electrons. The van der Waals surface area contributed by atoms with E-state index in [1.807, 2.05) is 6.92 Å². The van der Waals surface area contributed by atoms with E-state index in [2.05, 4.69) is 0 Å². The Balaban J connectivity index is 1.73. The molecule has 2 aliphatic carbocycles. The molecule has 0 bridgehead atoms. The average Bonchev–Trinajstić information content (AvgIpc) is 2.52. The molecule has 1 aromatic rings. The molecule has 4 unspecified atom stereocenters. The molecule has 0 heterocycles. The maximum absolute atomic E-state index is 13.9. The molecule has 25 heavy (non-hydrogen) atoms. The van der Waals surface area contributed by atoms with Crippen LogP contribution in [0.1, 0.15) is 62.5 Å². The van der Waals surface area contributed by atoms with Gasteiger partial charge in [-0.3, -0.25) is 0 Å². The zero-order valence-corrected chi connectivity index (χ0v) is 14.2. The minimum absolute atomic E-state index is 0.0730. The second-order valence-corrected chi connectivity index (χ2v) is 7.28. The van der Waals surface area contributed by atoms with Crippen LogP contribution in [-0.4, -0.2) is 12.7 Å². The van der Waals surface area contributed by atoms with Gasteiger partial charge in [0, 0.05) is 6.61 Å². The zero-order chi connectivity index (χ0) is 18.2. The van der Waals surface area contributed by atoms with Gasteiger partial charge in [0.05, 0.1) is 6.10 Å². The fraction of sp³-hybridized carbons (Fsp3) is 0.684. The van der Waals surface area contributed by atoms with Crippen LogP contribution < -0.4 is 0 Å². The average molecular weight is 362 g/mol. The van der Waals surface area contributed by atoms with E-state index in [9.17, 15) is 22.0 Å². The summed E-state index contributed by atoms with van der Waals surface area (Å²) in [5.74, 6) is -2.08. The largest absolute Gasteiger partial charge is 0.422 e. The minimum Gasteiger partial charge on any atom is -0.378 e. The maximum Gasteiger partial charge on any atom is 0.422 e. The number of alkyl halides is 3. The summed E-state index contributed by atoms with van der Waals surface area (Å²) in [5, 5.41) is 0. The Labute approximate surface area is 144 Å². The normalized spacial score (nSPS) is 30.2. The fourth-order valence-electron chi connectivity index (χ4n) is 4.64. The third kappa shape index (κ3) is 3.99. The number of fused-ring (bicyclic) bond motifs is 1. The molecule has 4 atom stereocenters. The highest BCUT2D eigenvalue weighted by Gasteiger charge is 2.40. The Morgan fingerprint density at radius 2 is 1.56 bits per heavy atom. The summed E-state index contributed by atoms with van der Waals surface area (Å²) in [6, 6.07) is 1.76. The van der Waals surface area contributed by atoms with Gasteiger partial charge in [-0.1, -0.05) is 0 Å². The lowest BCUT2D eigenvalue weighted by Crippen LogP contribution is -2.33. The molecule has 2 fully saturated rings. The summed E-state index contributed by atoms with van der Waals surface area (Å²) in [6.45, 7) is 2.69. The quantitative estimate of drug-likeness (QED) is 0.593. The SMILES string of the molecule is CCOC1CCC2CC(c3cc(F)c(C(F)(F)F)c(F)c3)CCC2C1. The van der Waals surface area contributed by atoms with Crippen LogP contribution in [0.4, 0.5) is 22.0 Å². The van der Waals surface area contributed by atoms with Gasteiger partial charge in [-0.2, -0.15) is 13.2 Å². The maximum atomic E-state index is 13.9. The standard InChI is InChI=1S/C19H23F5O/c1-2-25-15-6-5-11-7-12(3-4-13(11)8-15)14-9-16(20)18(17(21)10-14)19(22,23)24/h9-13,15H,2-8H2,1H3. The van der Waals surface area contributed by atoms with Crippen molar-refractivity contribution in [2.24, 2.45) is 11.8 Å². The Kier molecular flexibility index (Phi) is 5.37. The van der Waals surface area contributed by atoms with Crippen molar-refractivity contribution in [3.8, 4) is 0 Å². The molecule has 0 aromatic heterocycles. The number of hydrogen-bond donors (Lipinski definition) is 0. The van der Waals surface area contributed by atoms with E-state index >= 15 is 0 Å². The van der Waals surface area contributed by atoms with Crippen LogP contribution in [-0.2, 0) is 10.9 Å². The van der Waals surface area contributed by atoms with Gasteiger partial charge in [-0.15, -0.1) is 0 Å². The van der Waals surface area contributed by atoms with Crippen molar-refractivity contribution in [2.75, 3.05) is 6.61 Å². The summed E-state index contributed by atoms with van der Waals surface area (Å²) < 4.78 is 71.6. The van der Waals surface area contributed by atoms with E-state index in [1.54, 1.807) is 0 Å². The van der Waals surface area contributed by atoms with Crippen molar-refractivity contribution < 1.29 is 26.7 Å². The van der Waals surface area contributed by atoms with Crippen molar-refractivity contribution in [1.82, 2.24) is 0 Å². The van der Waals surface area contributed by atoms with Gasteiger partial charge in [-0.25, -0.2) is 8.78 Å². The third-order valence-electron chi connectivity index (χ3n) is 5.79. The van der Waals surface area contributed by atoms with Crippen LogP contribution in [0.5, 0.6) is 0 Å². The summed E-state index contributed by atoms with van der Waals surface area (Å²) in [7, 11) is 0. The van der Waals surface area contributed by atoms with E-state index in [1.165, 1.54) is 0 Å². The first kappa shape index (κ1) is 18.6. The number of benzene rings is 1. The van der Waals surface area contributed by atoms with Gasteiger partial charge in [-0.05, 0) is 80.9 Å². The van der Waals surface area contributed by atoms with E-state index in [4.69, 9.17) is 4.74 Å². The van der Waals surface area contributed by atoms with E-state index in [-0.39, 0.29) is 5.92 Å². The first-order valence-electron chi connectivity index (χ1n) is 8.97. The van der Waals surface area contributed by atoms with Gasteiger partial charge in [0.2, 0.25) is 0 Å². The lowest BCUT2D eigenvalue weighted by Gasteiger charge is -2.42. The zero-order valence-electron chi connectivity index (χ0n) is 14.2. The van der Waals surface area contributed by atoms with Crippen LogP contribution in [0.25, 0.3) is 0 Å². The molecular formula is C19H23F5O. The predicted molar refractivity (Wildman–Crippen MR) is 84.2 cm³/mol. The van der Waals surface area contributed by atoms with Crippen LogP contribution in [0.3, 0.4) is 0 Å². The summed E-state index contributed by atoms with van der Waals surface area (Å²) in [5.41, 5.74) is -1.43. The first-order chi connectivity index (χ1) is 11.8. The first-order valence-corrected chi connectivity index (χ1v) is 8.97.